The van der Waals surface area contributed by atoms with E-state index in [9.17, 15) is 4.79 Å². The number of hydrogen-bond donors (Lipinski definition) is 0. The summed E-state index contributed by atoms with van der Waals surface area (Å²) in [6.07, 6.45) is 0. The molecule has 0 unspecified atom stereocenters. The Bertz CT molecular complexity index is 29.0. The molecule has 4 heavy (non-hydrogen) atoms. The van der Waals surface area contributed by atoms with Crippen LogP contribution >= 0.6 is 0 Å². The van der Waals surface area contributed by atoms with Gasteiger partial charge in [0.15, 0.2) is 0 Å². The second-order valence-corrected chi connectivity index (χ2v) is 2.26. The first-order valence-corrected chi connectivity index (χ1v) is 2.16. The van der Waals surface area contributed by atoms with Crippen molar-refractivity contribution < 1.29 is 4.79 Å². The normalized spacial score (nSPS) is 6.00. The third-order valence-electron chi connectivity index (χ3n) is 0. The van der Waals surface area contributed by atoms with E-state index < -0.39 is 0 Å². The van der Waals surface area contributed by atoms with Crippen LogP contribution < -0.4 is 0 Å². The molecule has 0 bridgehead atoms. The van der Waals surface area contributed by atoms with Crippen molar-refractivity contribution in [3.8, 4) is 0 Å². The maximum absolute atomic E-state index is 9.50. The molecule has 0 N–H and O–H groups in total. The molecule has 0 fully saturated rings. The van der Waals surface area contributed by atoms with Crippen molar-refractivity contribution in [2.75, 3.05) is 0 Å². The van der Waals surface area contributed by atoms with Gasteiger partial charge in [0, 0.05) is 0 Å². The first-order valence-electron chi connectivity index (χ1n) is 1.06. The molecule has 0 spiro atoms. The van der Waals surface area contributed by atoms with Crippen molar-refractivity contribution in [3.63, 3.8) is 0 Å². The summed E-state index contributed by atoms with van der Waals surface area (Å²) in [4.78, 5) is 9.50. The summed E-state index contributed by atoms with van der Waals surface area (Å²) in [6, 6.07) is 0. The minimum absolute atomic E-state index is 0.292. The molecule has 0 saturated heterocycles. The van der Waals surface area contributed by atoms with Crippen molar-refractivity contribution in [3.05, 3.63) is 0 Å². The molecule has 0 aliphatic heterocycles. The fourth-order valence-electron chi connectivity index (χ4n) is 0. The molecule has 0 heterocycles. The van der Waals surface area contributed by atoms with Gasteiger partial charge in [-0.3, -0.25) is 0 Å². The van der Waals surface area contributed by atoms with Gasteiger partial charge in [0.1, 0.15) is 0 Å². The van der Waals surface area contributed by atoms with E-state index in [1.807, 2.05) is 0 Å². The van der Waals surface area contributed by atoms with Gasteiger partial charge in [-0.05, 0) is 0 Å². The van der Waals surface area contributed by atoms with E-state index in [1.54, 1.807) is 6.92 Å². The molecule has 0 aromatic heterocycles. The zero-order valence-corrected chi connectivity index (χ0v) is 4.82. The molecule has 0 saturated carbocycles. The van der Waals surface area contributed by atoms with Gasteiger partial charge in [0.25, 0.3) is 0 Å². The topological polar surface area (TPSA) is 17.1 Å². The molecular formula is C2H3CaO. The van der Waals surface area contributed by atoms with Crippen LogP contribution in [-0.4, -0.2) is 37.7 Å². The number of hydrogen-bond acceptors (Lipinski definition) is 1. The van der Waals surface area contributed by atoms with E-state index in [0.29, 0.717) is 1.88 Å². The van der Waals surface area contributed by atoms with Crippen molar-refractivity contribution in [1.82, 2.24) is 0 Å². The fraction of sp³-hybridized carbons (Fsp3) is 0.500. The fourth-order valence-corrected chi connectivity index (χ4v) is 0. The van der Waals surface area contributed by atoms with Crippen LogP contribution in [0.15, 0.2) is 0 Å². The molecule has 0 aliphatic rings. The summed E-state index contributed by atoms with van der Waals surface area (Å²) < 4.78 is 0.292. The van der Waals surface area contributed by atoms with Crippen molar-refractivity contribution >= 4 is 37.7 Å². The summed E-state index contributed by atoms with van der Waals surface area (Å²) in [5, 5.41) is 0. The molecule has 0 aliphatic carbocycles. The Morgan fingerprint density at radius 1 is 2.00 bits per heavy atom. The molecule has 0 aromatic carbocycles. The van der Waals surface area contributed by atoms with Crippen LogP contribution in [-0.2, 0) is 4.79 Å². The van der Waals surface area contributed by atoms with Crippen LogP contribution in [0.1, 0.15) is 6.92 Å². The predicted octanol–water partition coefficient (Wildman–Crippen LogP) is -0.299. The van der Waals surface area contributed by atoms with Crippen LogP contribution in [0.25, 0.3) is 0 Å². The van der Waals surface area contributed by atoms with Crippen LogP contribution in [0.4, 0.5) is 0 Å². The third kappa shape index (κ3) is 12.6. The second-order valence-electron chi connectivity index (χ2n) is 0.702. The summed E-state index contributed by atoms with van der Waals surface area (Å²) in [5.74, 6) is 0. The van der Waals surface area contributed by atoms with Crippen molar-refractivity contribution in [1.29, 1.82) is 0 Å². The average Bonchev–Trinajstić information content (AvgIpc) is 0.811. The maximum atomic E-state index is 9.50. The molecular weight excluding hydrogens is 80.1 g/mol. The number of rotatable bonds is 0. The number of carbonyl (C=O) groups excluding carboxylic acids is 1. The zero-order chi connectivity index (χ0) is 3.58. The Morgan fingerprint density at radius 3 is 2.00 bits per heavy atom. The molecule has 0 aromatic rings. The SMILES string of the molecule is C[C](=O)[Ca]. The molecule has 0 atom stereocenters. The van der Waals surface area contributed by atoms with Gasteiger partial charge >= 0.3 is 49.4 Å². The summed E-state index contributed by atoms with van der Waals surface area (Å²) in [5.41, 5.74) is 0. The quantitative estimate of drug-likeness (QED) is 0.367. The summed E-state index contributed by atoms with van der Waals surface area (Å²) in [7, 11) is 0. The molecule has 1 nitrogen and oxygen atoms in total. The Labute approximate surface area is 49.0 Å². The minimum atomic E-state index is 0.292. The zero-order valence-electron chi connectivity index (χ0n) is 2.62. The first kappa shape index (κ1) is 4.93. The number of carbonyl (C=O) groups is 1. The van der Waals surface area contributed by atoms with Gasteiger partial charge < -0.3 is 0 Å². The van der Waals surface area contributed by atoms with Crippen molar-refractivity contribution in [2.24, 2.45) is 0 Å². The molecule has 0 rings (SSSR count). The van der Waals surface area contributed by atoms with Crippen LogP contribution in [0, 0.1) is 0 Å². The Balaban J connectivity index is 2.80. The monoisotopic (exact) mass is 83.0 g/mol. The van der Waals surface area contributed by atoms with E-state index in [0.717, 1.165) is 35.8 Å². The van der Waals surface area contributed by atoms with Gasteiger partial charge in [-0.15, -0.1) is 0 Å². The molecule has 1 radical (unpaired) electrons. The summed E-state index contributed by atoms with van der Waals surface area (Å²) >= 11 is 0.792. The van der Waals surface area contributed by atoms with E-state index in [-0.39, 0.29) is 0 Å². The summed E-state index contributed by atoms with van der Waals surface area (Å²) in [6.45, 7) is 1.58. The first-order chi connectivity index (χ1) is 1.73. The Hall–Kier alpha value is 0.930. The van der Waals surface area contributed by atoms with E-state index in [4.69, 9.17) is 0 Å². The molecule has 0 amide bonds. The third-order valence-corrected chi connectivity index (χ3v) is 0. The standard InChI is InChI=1S/C2H3O.Ca/c1-2-3;/h1H3;. The molecule has 19 valence electrons. The Kier molecular flexibility index (Phi) is 2.69. The average molecular weight is 83.1 g/mol. The van der Waals surface area contributed by atoms with Crippen LogP contribution in [0.5, 0.6) is 0 Å². The van der Waals surface area contributed by atoms with Gasteiger partial charge in [0.2, 0.25) is 0 Å². The van der Waals surface area contributed by atoms with E-state index in [1.165, 1.54) is 0 Å². The van der Waals surface area contributed by atoms with Gasteiger partial charge in [-0.25, -0.2) is 0 Å². The van der Waals surface area contributed by atoms with Gasteiger partial charge in [-0.1, -0.05) is 0 Å². The second kappa shape index (κ2) is 2.18. The predicted molar refractivity (Wildman–Crippen MR) is 16.4 cm³/mol. The van der Waals surface area contributed by atoms with Crippen LogP contribution in [0.3, 0.4) is 0 Å². The van der Waals surface area contributed by atoms with Gasteiger partial charge in [0.05, 0.1) is 0 Å². The van der Waals surface area contributed by atoms with Crippen LogP contribution in [0.2, 0.25) is 0 Å². The van der Waals surface area contributed by atoms with E-state index >= 15 is 0 Å². The molecule has 2 heteroatoms. The Morgan fingerprint density at radius 2 is 2.00 bits per heavy atom. The van der Waals surface area contributed by atoms with E-state index in [2.05, 4.69) is 0 Å². The van der Waals surface area contributed by atoms with Gasteiger partial charge in [-0.2, -0.15) is 0 Å². The van der Waals surface area contributed by atoms with Crippen molar-refractivity contribution in [2.45, 2.75) is 6.92 Å².